The number of carbonyl (C=O) groups is 1. The lowest BCUT2D eigenvalue weighted by atomic mass is 10.1. The standard InChI is InChI=1S/C16H15Cl2NO2/c1-10-2-3-12(8-15(10)20)16(21)19-7-6-11-4-5-13(17)9-14(11)18/h2-5,8-9,20H,6-7H2,1H3,(H,19,21). The number of carbonyl (C=O) groups excluding carboxylic acids is 1. The highest BCUT2D eigenvalue weighted by Gasteiger charge is 2.08. The molecule has 0 aliphatic carbocycles. The Kier molecular flexibility index (Phi) is 5.10. The Morgan fingerprint density at radius 1 is 1.19 bits per heavy atom. The van der Waals surface area contributed by atoms with Crippen molar-refractivity contribution >= 4 is 29.1 Å². The lowest BCUT2D eigenvalue weighted by Gasteiger charge is -2.08. The fraction of sp³-hybridized carbons (Fsp3) is 0.188. The average molecular weight is 324 g/mol. The highest BCUT2D eigenvalue weighted by Crippen LogP contribution is 2.21. The minimum Gasteiger partial charge on any atom is -0.508 e. The molecule has 2 N–H and O–H groups in total. The normalized spacial score (nSPS) is 10.4. The molecule has 5 heteroatoms. The summed E-state index contributed by atoms with van der Waals surface area (Å²) < 4.78 is 0. The van der Waals surface area contributed by atoms with Crippen LogP contribution >= 0.6 is 23.2 Å². The molecule has 0 spiro atoms. The Hall–Kier alpha value is -1.71. The summed E-state index contributed by atoms with van der Waals surface area (Å²) in [5, 5.41) is 13.6. The zero-order chi connectivity index (χ0) is 15.4. The van der Waals surface area contributed by atoms with Gasteiger partial charge in [0.15, 0.2) is 0 Å². The number of phenols is 1. The highest BCUT2D eigenvalue weighted by molar-refractivity contribution is 6.35. The Morgan fingerprint density at radius 2 is 1.95 bits per heavy atom. The van der Waals surface area contributed by atoms with E-state index in [4.69, 9.17) is 23.2 Å². The van der Waals surface area contributed by atoms with Gasteiger partial charge in [-0.15, -0.1) is 0 Å². The van der Waals surface area contributed by atoms with E-state index in [0.717, 1.165) is 11.1 Å². The van der Waals surface area contributed by atoms with Gasteiger partial charge in [0.1, 0.15) is 5.75 Å². The zero-order valence-electron chi connectivity index (χ0n) is 11.5. The monoisotopic (exact) mass is 323 g/mol. The van der Waals surface area contributed by atoms with Crippen LogP contribution in [0.3, 0.4) is 0 Å². The van der Waals surface area contributed by atoms with Crippen LogP contribution < -0.4 is 5.32 Å². The third-order valence-corrected chi connectivity index (χ3v) is 3.75. The fourth-order valence-electron chi connectivity index (χ4n) is 1.89. The molecule has 0 saturated heterocycles. The van der Waals surface area contributed by atoms with E-state index in [1.54, 1.807) is 31.2 Å². The number of rotatable bonds is 4. The molecule has 110 valence electrons. The van der Waals surface area contributed by atoms with E-state index in [-0.39, 0.29) is 11.7 Å². The van der Waals surface area contributed by atoms with Gasteiger partial charge in [0.2, 0.25) is 0 Å². The molecule has 3 nitrogen and oxygen atoms in total. The van der Waals surface area contributed by atoms with Gasteiger partial charge in [-0.3, -0.25) is 4.79 Å². The minimum absolute atomic E-state index is 0.114. The molecule has 0 unspecified atom stereocenters. The molecule has 0 saturated carbocycles. The largest absolute Gasteiger partial charge is 0.508 e. The summed E-state index contributed by atoms with van der Waals surface area (Å²) in [7, 11) is 0. The second-order valence-electron chi connectivity index (χ2n) is 4.74. The fourth-order valence-corrected chi connectivity index (χ4v) is 2.39. The third kappa shape index (κ3) is 4.13. The maximum Gasteiger partial charge on any atom is 0.251 e. The molecular weight excluding hydrogens is 309 g/mol. The number of benzene rings is 2. The molecule has 2 rings (SSSR count). The van der Waals surface area contributed by atoms with Gasteiger partial charge in [0.25, 0.3) is 5.91 Å². The SMILES string of the molecule is Cc1ccc(C(=O)NCCc2ccc(Cl)cc2Cl)cc1O. The number of hydrogen-bond donors (Lipinski definition) is 2. The summed E-state index contributed by atoms with van der Waals surface area (Å²) in [6.45, 7) is 2.23. The highest BCUT2D eigenvalue weighted by atomic mass is 35.5. The van der Waals surface area contributed by atoms with Gasteiger partial charge in [0.05, 0.1) is 0 Å². The predicted octanol–water partition coefficient (Wildman–Crippen LogP) is 3.98. The van der Waals surface area contributed by atoms with E-state index in [9.17, 15) is 9.90 Å². The molecular formula is C16H15Cl2NO2. The lowest BCUT2D eigenvalue weighted by molar-refractivity contribution is 0.0953. The molecule has 0 aliphatic heterocycles. The number of halogens is 2. The first-order chi connectivity index (χ1) is 9.97. The lowest BCUT2D eigenvalue weighted by Crippen LogP contribution is -2.25. The molecule has 2 aromatic rings. The predicted molar refractivity (Wildman–Crippen MR) is 85.3 cm³/mol. The van der Waals surface area contributed by atoms with Crippen molar-refractivity contribution in [3.8, 4) is 5.75 Å². The van der Waals surface area contributed by atoms with Crippen molar-refractivity contribution in [1.29, 1.82) is 0 Å². The van der Waals surface area contributed by atoms with Crippen molar-refractivity contribution in [2.24, 2.45) is 0 Å². The average Bonchev–Trinajstić information content (AvgIpc) is 2.44. The second-order valence-corrected chi connectivity index (χ2v) is 5.59. The molecule has 0 aliphatic rings. The van der Waals surface area contributed by atoms with Gasteiger partial charge in [-0.1, -0.05) is 35.3 Å². The summed E-state index contributed by atoms with van der Waals surface area (Å²) >= 11 is 11.9. The smallest absolute Gasteiger partial charge is 0.251 e. The summed E-state index contributed by atoms with van der Waals surface area (Å²) in [6, 6.07) is 10.1. The molecule has 1 amide bonds. The van der Waals surface area contributed by atoms with E-state index in [1.807, 2.05) is 6.07 Å². The Bertz CT molecular complexity index is 671. The van der Waals surface area contributed by atoms with E-state index in [1.165, 1.54) is 6.07 Å². The minimum atomic E-state index is -0.226. The summed E-state index contributed by atoms with van der Waals surface area (Å²) in [6.07, 6.45) is 0.611. The molecule has 21 heavy (non-hydrogen) atoms. The van der Waals surface area contributed by atoms with Crippen LogP contribution in [0.15, 0.2) is 36.4 Å². The molecule has 0 heterocycles. The van der Waals surface area contributed by atoms with Crippen LogP contribution in [0.2, 0.25) is 10.0 Å². The van der Waals surface area contributed by atoms with Gasteiger partial charge in [-0.2, -0.15) is 0 Å². The van der Waals surface area contributed by atoms with Gasteiger partial charge < -0.3 is 10.4 Å². The number of aryl methyl sites for hydroxylation is 1. The van der Waals surface area contributed by atoms with E-state index < -0.39 is 0 Å². The quantitative estimate of drug-likeness (QED) is 0.894. The first-order valence-electron chi connectivity index (χ1n) is 6.49. The molecule has 2 aromatic carbocycles. The first-order valence-corrected chi connectivity index (χ1v) is 7.24. The number of aromatic hydroxyl groups is 1. The number of amides is 1. The van der Waals surface area contributed by atoms with Crippen molar-refractivity contribution in [2.45, 2.75) is 13.3 Å². The summed E-state index contributed by atoms with van der Waals surface area (Å²) in [4.78, 5) is 12.0. The Balaban J connectivity index is 1.93. The maximum atomic E-state index is 12.0. The van der Waals surface area contributed by atoms with Crippen LogP contribution in [-0.2, 0) is 6.42 Å². The van der Waals surface area contributed by atoms with Crippen LogP contribution in [0.25, 0.3) is 0 Å². The van der Waals surface area contributed by atoms with Gasteiger partial charge in [-0.25, -0.2) is 0 Å². The molecule has 0 atom stereocenters. The van der Waals surface area contributed by atoms with Crippen LogP contribution in [0.1, 0.15) is 21.5 Å². The Labute approximate surface area is 133 Å². The van der Waals surface area contributed by atoms with Crippen LogP contribution in [-0.4, -0.2) is 17.6 Å². The van der Waals surface area contributed by atoms with Crippen LogP contribution in [0.5, 0.6) is 5.75 Å². The molecule has 0 aromatic heterocycles. The molecule has 0 fully saturated rings. The van der Waals surface area contributed by atoms with Crippen molar-refractivity contribution in [2.75, 3.05) is 6.54 Å². The van der Waals surface area contributed by atoms with Crippen LogP contribution in [0.4, 0.5) is 0 Å². The van der Waals surface area contributed by atoms with Gasteiger partial charge in [-0.05, 0) is 48.7 Å². The maximum absolute atomic E-state index is 12.0. The molecule has 0 radical (unpaired) electrons. The number of nitrogens with one attached hydrogen (secondary N) is 1. The topological polar surface area (TPSA) is 49.3 Å². The second kappa shape index (κ2) is 6.83. The Morgan fingerprint density at radius 3 is 2.62 bits per heavy atom. The van der Waals surface area contributed by atoms with Gasteiger partial charge >= 0.3 is 0 Å². The third-order valence-electron chi connectivity index (χ3n) is 3.17. The van der Waals surface area contributed by atoms with E-state index >= 15 is 0 Å². The van der Waals surface area contributed by atoms with Crippen molar-refractivity contribution in [1.82, 2.24) is 5.32 Å². The van der Waals surface area contributed by atoms with Gasteiger partial charge in [0, 0.05) is 22.2 Å². The van der Waals surface area contributed by atoms with Crippen molar-refractivity contribution in [3.63, 3.8) is 0 Å². The summed E-state index contributed by atoms with van der Waals surface area (Å²) in [5.41, 5.74) is 2.09. The van der Waals surface area contributed by atoms with E-state index in [2.05, 4.69) is 5.32 Å². The number of hydrogen-bond acceptors (Lipinski definition) is 2. The van der Waals surface area contributed by atoms with Crippen molar-refractivity contribution < 1.29 is 9.90 Å². The van der Waals surface area contributed by atoms with Crippen molar-refractivity contribution in [3.05, 3.63) is 63.1 Å². The number of phenolic OH excluding ortho intramolecular Hbond substituents is 1. The molecule has 0 bridgehead atoms. The van der Waals surface area contributed by atoms with E-state index in [0.29, 0.717) is 28.6 Å². The first kappa shape index (κ1) is 15.7. The summed E-state index contributed by atoms with van der Waals surface area (Å²) in [5.74, 6) is -0.112. The zero-order valence-corrected chi connectivity index (χ0v) is 13.0. The van der Waals surface area contributed by atoms with Crippen LogP contribution in [0, 0.1) is 6.92 Å².